The predicted octanol–water partition coefficient (Wildman–Crippen LogP) is 10.6. The Morgan fingerprint density at radius 2 is 1.05 bits per heavy atom. The monoisotopic (exact) mass is 567 g/mol. The van der Waals surface area contributed by atoms with Gasteiger partial charge in [-0.2, -0.15) is 0 Å². The minimum absolute atomic E-state index is 0.659. The first kappa shape index (κ1) is 25.3. The molecule has 0 atom stereocenters. The van der Waals surface area contributed by atoms with Gasteiger partial charge >= 0.3 is 0 Å². The fraction of sp³-hybridized carbons (Fsp3) is 0. The molecule has 4 heteroatoms. The van der Waals surface area contributed by atoms with Gasteiger partial charge in [-0.1, -0.05) is 115 Å². The highest BCUT2D eigenvalue weighted by Crippen LogP contribution is 2.40. The number of fused-ring (bicyclic) bond motifs is 3. The van der Waals surface area contributed by atoms with Crippen LogP contribution in [0.4, 0.5) is 0 Å². The number of thiophene rings is 1. The van der Waals surface area contributed by atoms with Crippen LogP contribution in [0.5, 0.6) is 0 Å². The summed E-state index contributed by atoms with van der Waals surface area (Å²) in [6.07, 6.45) is 3.59. The van der Waals surface area contributed by atoms with E-state index in [4.69, 9.17) is 9.97 Å². The maximum absolute atomic E-state index is 5.00. The molecule has 0 amide bonds. The topological polar surface area (TPSA) is 38.7 Å². The lowest BCUT2D eigenvalue weighted by Crippen LogP contribution is -1.96. The zero-order valence-corrected chi connectivity index (χ0v) is 24.0. The molecule has 3 aromatic heterocycles. The van der Waals surface area contributed by atoms with Crippen LogP contribution >= 0.6 is 11.3 Å². The third-order valence-electron chi connectivity index (χ3n) is 7.83. The molecule has 0 aliphatic rings. The van der Waals surface area contributed by atoms with Gasteiger partial charge in [-0.3, -0.25) is 4.98 Å². The molecule has 0 saturated carbocycles. The molecule has 0 N–H and O–H groups in total. The molecule has 3 nitrogen and oxygen atoms in total. The van der Waals surface area contributed by atoms with Crippen LogP contribution in [-0.2, 0) is 0 Å². The molecule has 0 saturated heterocycles. The summed E-state index contributed by atoms with van der Waals surface area (Å²) in [6, 6.07) is 49.0. The molecule has 0 aliphatic carbocycles. The average Bonchev–Trinajstić information content (AvgIpc) is 3.48. The highest BCUT2D eigenvalue weighted by atomic mass is 32.1. The number of rotatable bonds is 5. The second-order valence-electron chi connectivity index (χ2n) is 10.5. The van der Waals surface area contributed by atoms with Crippen LogP contribution < -0.4 is 0 Å². The molecular weight excluding hydrogens is 543 g/mol. The SMILES string of the molecule is c1ccc(-c2ccc(-c3cc(-c4ccc(-c5cccc6c5sc5ccccc56)cc4)nc(-c4cccnc4)n3)cc2)cc1. The van der Waals surface area contributed by atoms with Crippen LogP contribution in [0.1, 0.15) is 0 Å². The minimum atomic E-state index is 0.659. The van der Waals surface area contributed by atoms with Crippen molar-refractivity contribution in [1.29, 1.82) is 0 Å². The molecule has 202 valence electrons. The second kappa shape index (κ2) is 10.8. The van der Waals surface area contributed by atoms with Crippen LogP contribution in [-0.4, -0.2) is 15.0 Å². The first-order valence-electron chi connectivity index (χ1n) is 14.3. The van der Waals surface area contributed by atoms with Gasteiger partial charge in [0.25, 0.3) is 0 Å². The molecule has 43 heavy (non-hydrogen) atoms. The normalized spacial score (nSPS) is 11.3. The van der Waals surface area contributed by atoms with E-state index in [9.17, 15) is 0 Å². The zero-order chi connectivity index (χ0) is 28.6. The third-order valence-corrected chi connectivity index (χ3v) is 9.05. The van der Waals surface area contributed by atoms with Gasteiger partial charge in [-0.15, -0.1) is 11.3 Å². The van der Waals surface area contributed by atoms with E-state index in [0.717, 1.165) is 28.1 Å². The Kier molecular flexibility index (Phi) is 6.32. The third kappa shape index (κ3) is 4.78. The van der Waals surface area contributed by atoms with E-state index < -0.39 is 0 Å². The van der Waals surface area contributed by atoms with E-state index in [2.05, 4.69) is 126 Å². The Balaban J connectivity index is 1.20. The van der Waals surface area contributed by atoms with Crippen LogP contribution in [0.2, 0.25) is 0 Å². The maximum Gasteiger partial charge on any atom is 0.161 e. The largest absolute Gasteiger partial charge is 0.264 e. The summed E-state index contributed by atoms with van der Waals surface area (Å²) in [6.45, 7) is 0. The number of hydrogen-bond donors (Lipinski definition) is 0. The van der Waals surface area contributed by atoms with Gasteiger partial charge in [0.1, 0.15) is 0 Å². The lowest BCUT2D eigenvalue weighted by Gasteiger charge is -2.11. The lowest BCUT2D eigenvalue weighted by molar-refractivity contribution is 1.17. The number of aromatic nitrogens is 3. The van der Waals surface area contributed by atoms with Crippen LogP contribution in [0.15, 0.2) is 152 Å². The van der Waals surface area contributed by atoms with Crippen molar-refractivity contribution in [3.63, 3.8) is 0 Å². The quantitative estimate of drug-likeness (QED) is 0.208. The predicted molar refractivity (Wildman–Crippen MR) is 180 cm³/mol. The number of nitrogens with zero attached hydrogens (tertiary/aromatic N) is 3. The van der Waals surface area contributed by atoms with Crippen molar-refractivity contribution in [2.45, 2.75) is 0 Å². The van der Waals surface area contributed by atoms with E-state index in [0.29, 0.717) is 5.82 Å². The van der Waals surface area contributed by atoms with Crippen molar-refractivity contribution in [2.75, 3.05) is 0 Å². The second-order valence-corrected chi connectivity index (χ2v) is 11.6. The summed E-state index contributed by atoms with van der Waals surface area (Å²) in [5, 5.41) is 2.62. The molecule has 0 aliphatic heterocycles. The summed E-state index contributed by atoms with van der Waals surface area (Å²) >= 11 is 1.86. The Labute approximate surface area is 253 Å². The van der Waals surface area contributed by atoms with Gasteiger partial charge in [0.15, 0.2) is 5.82 Å². The molecule has 8 rings (SSSR count). The summed E-state index contributed by atoms with van der Waals surface area (Å²) in [4.78, 5) is 14.3. The minimum Gasteiger partial charge on any atom is -0.264 e. The van der Waals surface area contributed by atoms with Crippen molar-refractivity contribution in [3.8, 4) is 56.2 Å². The van der Waals surface area contributed by atoms with Crippen LogP contribution in [0.25, 0.3) is 76.3 Å². The molecule has 0 radical (unpaired) electrons. The Morgan fingerprint density at radius 1 is 0.442 bits per heavy atom. The molecule has 0 unspecified atom stereocenters. The van der Waals surface area contributed by atoms with Crippen molar-refractivity contribution in [2.24, 2.45) is 0 Å². The van der Waals surface area contributed by atoms with Crippen molar-refractivity contribution in [1.82, 2.24) is 15.0 Å². The highest BCUT2D eigenvalue weighted by molar-refractivity contribution is 7.26. The van der Waals surface area contributed by atoms with E-state index >= 15 is 0 Å². The smallest absolute Gasteiger partial charge is 0.161 e. The van der Waals surface area contributed by atoms with Crippen LogP contribution in [0.3, 0.4) is 0 Å². The Hall–Kier alpha value is -5.45. The van der Waals surface area contributed by atoms with Gasteiger partial charge in [-0.05, 0) is 46.5 Å². The molecule has 8 aromatic rings. The van der Waals surface area contributed by atoms with Gasteiger partial charge in [-0.25, -0.2) is 9.97 Å². The number of benzene rings is 5. The van der Waals surface area contributed by atoms with Gasteiger partial charge in [0, 0.05) is 49.3 Å². The van der Waals surface area contributed by atoms with Crippen LogP contribution in [0, 0.1) is 0 Å². The highest BCUT2D eigenvalue weighted by Gasteiger charge is 2.13. The fourth-order valence-electron chi connectivity index (χ4n) is 5.63. The maximum atomic E-state index is 5.00. The first-order chi connectivity index (χ1) is 21.3. The summed E-state index contributed by atoms with van der Waals surface area (Å²) in [7, 11) is 0. The molecule has 0 spiro atoms. The average molecular weight is 568 g/mol. The Morgan fingerprint density at radius 3 is 1.77 bits per heavy atom. The van der Waals surface area contributed by atoms with E-state index in [1.54, 1.807) is 6.20 Å². The van der Waals surface area contributed by atoms with Gasteiger partial charge < -0.3 is 0 Å². The zero-order valence-electron chi connectivity index (χ0n) is 23.2. The molecule has 3 heterocycles. The molecule has 0 fully saturated rings. The Bertz CT molecular complexity index is 2200. The van der Waals surface area contributed by atoms with Gasteiger partial charge in [0.05, 0.1) is 11.4 Å². The first-order valence-corrected chi connectivity index (χ1v) is 15.1. The number of pyridine rings is 1. The summed E-state index contributed by atoms with van der Waals surface area (Å²) in [5.41, 5.74) is 9.55. The van der Waals surface area contributed by atoms with E-state index in [-0.39, 0.29) is 0 Å². The lowest BCUT2D eigenvalue weighted by atomic mass is 9.99. The van der Waals surface area contributed by atoms with Crippen molar-refractivity contribution in [3.05, 3.63) is 152 Å². The number of hydrogen-bond acceptors (Lipinski definition) is 4. The standard InChI is InChI=1S/C39H25N3S/c1-2-8-26(9-3-1)27-15-19-29(20-16-27)35-24-36(42-39(41-35)31-10-7-23-40-25-31)30-21-17-28(18-22-30)32-12-6-13-34-33-11-4-5-14-37(33)43-38(32)34/h1-25H. The van der Waals surface area contributed by atoms with Gasteiger partial charge in [0.2, 0.25) is 0 Å². The summed E-state index contributed by atoms with van der Waals surface area (Å²) in [5.74, 6) is 0.659. The molecule has 5 aromatic carbocycles. The van der Waals surface area contributed by atoms with Crippen molar-refractivity contribution >= 4 is 31.5 Å². The van der Waals surface area contributed by atoms with E-state index in [1.807, 2.05) is 35.7 Å². The van der Waals surface area contributed by atoms with Crippen molar-refractivity contribution < 1.29 is 0 Å². The molecular formula is C39H25N3S. The summed E-state index contributed by atoms with van der Waals surface area (Å²) < 4.78 is 2.63. The fourth-order valence-corrected chi connectivity index (χ4v) is 6.86. The molecule has 0 bridgehead atoms. The van der Waals surface area contributed by atoms with E-state index in [1.165, 1.54) is 42.4 Å².